The molecular formula is C15H25NO4. The molecule has 2 aliphatic rings. The third-order valence-electron chi connectivity index (χ3n) is 4.28. The highest BCUT2D eigenvalue weighted by Crippen LogP contribution is 2.49. The van der Waals surface area contributed by atoms with Crippen molar-refractivity contribution in [3.8, 4) is 0 Å². The summed E-state index contributed by atoms with van der Waals surface area (Å²) < 4.78 is 5.44. The van der Waals surface area contributed by atoms with Crippen molar-refractivity contribution in [3.63, 3.8) is 0 Å². The number of hydrogen-bond donors (Lipinski definition) is 1. The minimum atomic E-state index is -0.727. The second-order valence-corrected chi connectivity index (χ2v) is 7.09. The Kier molecular flexibility index (Phi) is 3.98. The summed E-state index contributed by atoms with van der Waals surface area (Å²) in [5, 5.41) is 9.22. The lowest BCUT2D eigenvalue weighted by Crippen LogP contribution is -2.47. The van der Waals surface area contributed by atoms with E-state index in [1.807, 2.05) is 20.8 Å². The van der Waals surface area contributed by atoms with Crippen molar-refractivity contribution >= 4 is 12.1 Å². The Labute approximate surface area is 120 Å². The highest BCUT2D eigenvalue weighted by Gasteiger charge is 2.50. The molecule has 0 heterocycles. The van der Waals surface area contributed by atoms with Crippen molar-refractivity contribution in [2.24, 2.45) is 5.41 Å². The van der Waals surface area contributed by atoms with Crippen LogP contribution < -0.4 is 0 Å². The van der Waals surface area contributed by atoms with E-state index >= 15 is 0 Å². The molecule has 0 aromatic rings. The Morgan fingerprint density at radius 3 is 2.25 bits per heavy atom. The Hall–Kier alpha value is -1.26. The fourth-order valence-electron chi connectivity index (χ4n) is 2.50. The predicted molar refractivity (Wildman–Crippen MR) is 74.5 cm³/mol. The third kappa shape index (κ3) is 3.44. The zero-order chi connectivity index (χ0) is 15.0. The van der Waals surface area contributed by atoms with Gasteiger partial charge in [0.25, 0.3) is 0 Å². The fraction of sp³-hybridized carbons (Fsp3) is 0.867. The van der Waals surface area contributed by atoms with Crippen LogP contribution in [0.5, 0.6) is 0 Å². The molecule has 0 radical (unpaired) electrons. The van der Waals surface area contributed by atoms with Crippen molar-refractivity contribution in [3.05, 3.63) is 0 Å². The second kappa shape index (κ2) is 5.26. The summed E-state index contributed by atoms with van der Waals surface area (Å²) in [7, 11) is 0. The molecule has 5 heteroatoms. The van der Waals surface area contributed by atoms with Gasteiger partial charge in [0.2, 0.25) is 0 Å². The molecule has 1 amide bonds. The van der Waals surface area contributed by atoms with Crippen LogP contribution in [-0.4, -0.2) is 40.3 Å². The van der Waals surface area contributed by atoms with Crippen molar-refractivity contribution in [1.29, 1.82) is 0 Å². The summed E-state index contributed by atoms with van der Waals surface area (Å²) in [6, 6.07) is 0.231. The van der Waals surface area contributed by atoms with Gasteiger partial charge in [-0.05, 0) is 59.3 Å². The molecule has 20 heavy (non-hydrogen) atoms. The molecule has 0 spiro atoms. The topological polar surface area (TPSA) is 66.8 Å². The first-order valence-corrected chi connectivity index (χ1v) is 7.47. The zero-order valence-corrected chi connectivity index (χ0v) is 12.6. The number of carbonyl (C=O) groups excluding carboxylic acids is 1. The summed E-state index contributed by atoms with van der Waals surface area (Å²) in [6.45, 7) is 6.04. The van der Waals surface area contributed by atoms with Crippen LogP contribution in [0.4, 0.5) is 4.79 Å². The average molecular weight is 283 g/mol. The first-order valence-electron chi connectivity index (χ1n) is 7.47. The molecule has 114 valence electrons. The van der Waals surface area contributed by atoms with Crippen LogP contribution in [0.1, 0.15) is 59.3 Å². The van der Waals surface area contributed by atoms with Crippen LogP contribution in [0.25, 0.3) is 0 Å². The average Bonchev–Trinajstić information content (AvgIpc) is 2.99. The van der Waals surface area contributed by atoms with Gasteiger partial charge in [0.1, 0.15) is 5.60 Å². The van der Waals surface area contributed by atoms with E-state index in [1.165, 1.54) is 0 Å². The van der Waals surface area contributed by atoms with Gasteiger partial charge < -0.3 is 14.7 Å². The maximum absolute atomic E-state index is 12.3. The molecule has 1 N–H and O–H groups in total. The molecule has 5 nitrogen and oxygen atoms in total. The number of carbonyl (C=O) groups is 2. The maximum atomic E-state index is 12.3. The molecule has 0 aliphatic heterocycles. The molecule has 0 aromatic heterocycles. The number of carboxylic acid groups (broad SMARTS) is 1. The summed E-state index contributed by atoms with van der Waals surface area (Å²) >= 11 is 0. The lowest BCUT2D eigenvalue weighted by molar-refractivity contribution is -0.143. The molecule has 0 bridgehead atoms. The predicted octanol–water partition coefficient (Wildman–Crippen LogP) is 3.03. The molecule has 2 aliphatic carbocycles. The normalized spacial score (nSPS) is 20.9. The fourth-order valence-corrected chi connectivity index (χ4v) is 2.50. The number of nitrogens with zero attached hydrogens (tertiary/aromatic N) is 1. The van der Waals surface area contributed by atoms with E-state index in [1.54, 1.807) is 4.90 Å². The van der Waals surface area contributed by atoms with Crippen molar-refractivity contribution in [2.45, 2.75) is 70.9 Å². The van der Waals surface area contributed by atoms with Crippen LogP contribution in [0.3, 0.4) is 0 Å². The first kappa shape index (κ1) is 15.1. The number of carboxylic acids is 1. The highest BCUT2D eigenvalue weighted by molar-refractivity contribution is 5.77. The maximum Gasteiger partial charge on any atom is 0.410 e. The Morgan fingerprint density at radius 2 is 1.90 bits per heavy atom. The lowest BCUT2D eigenvalue weighted by atomic mass is 9.91. The summed E-state index contributed by atoms with van der Waals surface area (Å²) in [6.07, 6.45) is 4.83. The van der Waals surface area contributed by atoms with Gasteiger partial charge in [-0.2, -0.15) is 0 Å². The van der Waals surface area contributed by atoms with Crippen molar-refractivity contribution < 1.29 is 19.4 Å². The SMILES string of the molecule is CC(C)(C)OC(=O)N(CCC1(C(=O)O)CC1)C1CCC1. The van der Waals surface area contributed by atoms with Crippen LogP contribution in [0.15, 0.2) is 0 Å². The van der Waals surface area contributed by atoms with Gasteiger partial charge in [0.15, 0.2) is 0 Å². The minimum Gasteiger partial charge on any atom is -0.481 e. The number of ether oxygens (including phenoxy) is 1. The highest BCUT2D eigenvalue weighted by atomic mass is 16.6. The van der Waals surface area contributed by atoms with Crippen LogP contribution in [0.2, 0.25) is 0 Å². The van der Waals surface area contributed by atoms with Gasteiger partial charge in [0, 0.05) is 12.6 Å². The van der Waals surface area contributed by atoms with Gasteiger partial charge in [-0.1, -0.05) is 0 Å². The zero-order valence-electron chi connectivity index (χ0n) is 12.6. The van der Waals surface area contributed by atoms with E-state index in [4.69, 9.17) is 4.74 Å². The van der Waals surface area contributed by atoms with E-state index < -0.39 is 17.0 Å². The number of rotatable bonds is 5. The number of aliphatic carboxylic acids is 1. The Balaban J connectivity index is 1.94. The van der Waals surface area contributed by atoms with Crippen LogP contribution in [-0.2, 0) is 9.53 Å². The lowest BCUT2D eigenvalue weighted by Gasteiger charge is -2.38. The van der Waals surface area contributed by atoms with Gasteiger partial charge in [0.05, 0.1) is 5.41 Å². The summed E-state index contributed by atoms with van der Waals surface area (Å²) in [5.74, 6) is -0.727. The molecule has 2 fully saturated rings. The van der Waals surface area contributed by atoms with E-state index in [2.05, 4.69) is 0 Å². The molecule has 0 unspecified atom stereocenters. The van der Waals surface area contributed by atoms with Crippen LogP contribution in [0, 0.1) is 5.41 Å². The minimum absolute atomic E-state index is 0.231. The smallest absolute Gasteiger partial charge is 0.410 e. The quantitative estimate of drug-likeness (QED) is 0.842. The monoisotopic (exact) mass is 283 g/mol. The second-order valence-electron chi connectivity index (χ2n) is 7.09. The first-order chi connectivity index (χ1) is 9.23. The van der Waals surface area contributed by atoms with Crippen LogP contribution >= 0.6 is 0 Å². The van der Waals surface area contributed by atoms with Gasteiger partial charge in [-0.3, -0.25) is 4.79 Å². The van der Waals surface area contributed by atoms with Gasteiger partial charge in [-0.15, -0.1) is 0 Å². The van der Waals surface area contributed by atoms with E-state index in [9.17, 15) is 14.7 Å². The van der Waals surface area contributed by atoms with Crippen molar-refractivity contribution in [1.82, 2.24) is 4.90 Å². The molecule has 0 aromatic carbocycles. The van der Waals surface area contributed by atoms with E-state index in [-0.39, 0.29) is 12.1 Å². The summed E-state index contributed by atoms with van der Waals surface area (Å²) in [5.41, 5.74) is -1.09. The molecule has 2 rings (SSSR count). The molecular weight excluding hydrogens is 258 g/mol. The molecule has 0 atom stereocenters. The Morgan fingerprint density at radius 1 is 1.30 bits per heavy atom. The van der Waals surface area contributed by atoms with Gasteiger partial charge in [-0.25, -0.2) is 4.79 Å². The molecule has 0 saturated heterocycles. The van der Waals surface area contributed by atoms with Crippen molar-refractivity contribution in [2.75, 3.05) is 6.54 Å². The standard InChI is InChI=1S/C15H25NO4/c1-14(2,3)20-13(19)16(11-5-4-6-11)10-9-15(7-8-15)12(17)18/h11H,4-10H2,1-3H3,(H,17,18). The third-order valence-corrected chi connectivity index (χ3v) is 4.28. The molecule has 2 saturated carbocycles. The van der Waals surface area contributed by atoms with Gasteiger partial charge >= 0.3 is 12.1 Å². The summed E-state index contributed by atoms with van der Waals surface area (Å²) in [4.78, 5) is 25.2. The number of amides is 1. The van der Waals surface area contributed by atoms with E-state index in [0.29, 0.717) is 13.0 Å². The van der Waals surface area contributed by atoms with E-state index in [0.717, 1.165) is 32.1 Å². The number of hydrogen-bond acceptors (Lipinski definition) is 3. The Bertz CT molecular complexity index is 391. The largest absolute Gasteiger partial charge is 0.481 e.